The number of aliphatic carboxylic acids is 1. The summed E-state index contributed by atoms with van der Waals surface area (Å²) >= 11 is 6.29. The van der Waals surface area contributed by atoms with Gasteiger partial charge in [-0.1, -0.05) is 28.9 Å². The Labute approximate surface area is 203 Å². The van der Waals surface area contributed by atoms with Crippen molar-refractivity contribution in [1.29, 1.82) is 0 Å². The number of carbonyl (C=O) groups is 2. The lowest BCUT2D eigenvalue weighted by molar-refractivity contribution is -0.136. The molecule has 3 rings (SSSR count). The normalized spacial score (nSPS) is 11.5. The van der Waals surface area contributed by atoms with E-state index in [0.717, 1.165) is 5.56 Å². The number of carbonyl (C=O) groups excluding carboxylic acids is 1. The summed E-state index contributed by atoms with van der Waals surface area (Å²) in [4.78, 5) is 23.4. The van der Waals surface area contributed by atoms with Crippen LogP contribution in [0.4, 0.5) is 5.69 Å². The van der Waals surface area contributed by atoms with E-state index >= 15 is 0 Å². The summed E-state index contributed by atoms with van der Waals surface area (Å²) in [7, 11) is 0. The highest BCUT2D eigenvalue weighted by Gasteiger charge is 2.20. The van der Waals surface area contributed by atoms with Gasteiger partial charge in [0.05, 0.1) is 17.5 Å². The van der Waals surface area contributed by atoms with Crippen molar-refractivity contribution in [3.63, 3.8) is 0 Å². The summed E-state index contributed by atoms with van der Waals surface area (Å²) in [5.74, 6) is -0.646. The molecule has 2 aromatic carbocycles. The van der Waals surface area contributed by atoms with Crippen LogP contribution < -0.4 is 15.4 Å². The van der Waals surface area contributed by atoms with Gasteiger partial charge < -0.3 is 25.0 Å². The van der Waals surface area contributed by atoms with Gasteiger partial charge in [-0.2, -0.15) is 0 Å². The third kappa shape index (κ3) is 6.59. The molecule has 1 heterocycles. The van der Waals surface area contributed by atoms with Gasteiger partial charge in [0.25, 0.3) is 5.91 Å². The third-order valence-corrected chi connectivity index (χ3v) is 5.39. The molecule has 3 aromatic rings. The van der Waals surface area contributed by atoms with Gasteiger partial charge >= 0.3 is 5.97 Å². The van der Waals surface area contributed by atoms with Gasteiger partial charge in [0.1, 0.15) is 11.4 Å². The number of amides is 1. The molecule has 0 spiro atoms. The number of carboxylic acids is 1. The summed E-state index contributed by atoms with van der Waals surface area (Å²) in [5, 5.41) is 19.2. The van der Waals surface area contributed by atoms with Gasteiger partial charge in [0, 0.05) is 29.4 Å². The van der Waals surface area contributed by atoms with Crippen molar-refractivity contribution in [2.45, 2.75) is 45.8 Å². The number of ether oxygens (including phenoxy) is 1. The van der Waals surface area contributed by atoms with Crippen molar-refractivity contribution in [3.8, 4) is 17.0 Å². The first kappa shape index (κ1) is 25.3. The maximum absolute atomic E-state index is 12.6. The minimum absolute atomic E-state index is 0.000894. The molecule has 8 nitrogen and oxygen atoms in total. The molecule has 3 N–H and O–H groups in total. The van der Waals surface area contributed by atoms with Crippen molar-refractivity contribution in [1.82, 2.24) is 10.5 Å². The van der Waals surface area contributed by atoms with Crippen molar-refractivity contribution >= 4 is 29.2 Å². The molecule has 0 saturated carbocycles. The Morgan fingerprint density at radius 2 is 1.85 bits per heavy atom. The summed E-state index contributed by atoms with van der Waals surface area (Å²) in [6.07, 6.45) is 0.0396. The smallest absolute Gasteiger partial charge is 0.304 e. The van der Waals surface area contributed by atoms with E-state index in [1.165, 1.54) is 0 Å². The van der Waals surface area contributed by atoms with Gasteiger partial charge in [-0.05, 0) is 63.6 Å². The van der Waals surface area contributed by atoms with E-state index in [0.29, 0.717) is 34.3 Å². The molecule has 0 fully saturated rings. The van der Waals surface area contributed by atoms with Crippen LogP contribution in [0.1, 0.15) is 50.2 Å². The van der Waals surface area contributed by atoms with Gasteiger partial charge in [-0.25, -0.2) is 0 Å². The molecule has 34 heavy (non-hydrogen) atoms. The Bertz CT molecular complexity index is 1160. The predicted octanol–water partition coefficient (Wildman–Crippen LogP) is 5.33. The van der Waals surface area contributed by atoms with Gasteiger partial charge in [-0.15, -0.1) is 0 Å². The Balaban J connectivity index is 1.64. The van der Waals surface area contributed by atoms with E-state index in [2.05, 4.69) is 15.8 Å². The first-order valence-corrected chi connectivity index (χ1v) is 11.2. The number of hydrogen-bond donors (Lipinski definition) is 3. The standard InChI is InChI=1S/C25H28ClN3O5/c1-15(2)33-21-10-5-16(13-19(21)26)20-14-22(34-29-20)24(32)28-18-8-6-17(7-9-18)25(3,4)27-12-11-23(30)31/h5-10,13-15,27H,11-12H2,1-4H3,(H,28,32)(H,30,31). The van der Waals surface area contributed by atoms with Gasteiger partial charge in [-0.3, -0.25) is 9.59 Å². The molecule has 180 valence electrons. The second-order valence-corrected chi connectivity index (χ2v) is 9.02. The maximum atomic E-state index is 12.6. The van der Waals surface area contributed by atoms with E-state index < -0.39 is 17.4 Å². The molecule has 0 aliphatic carbocycles. The van der Waals surface area contributed by atoms with Crippen molar-refractivity contribution in [3.05, 3.63) is 64.9 Å². The first-order chi connectivity index (χ1) is 16.0. The second kappa shape index (κ2) is 10.7. The maximum Gasteiger partial charge on any atom is 0.304 e. The van der Waals surface area contributed by atoms with E-state index in [-0.39, 0.29) is 18.3 Å². The number of aromatic nitrogens is 1. The zero-order valence-electron chi connectivity index (χ0n) is 19.5. The SMILES string of the molecule is CC(C)Oc1ccc(-c2cc(C(=O)Nc3ccc(C(C)(C)NCCC(=O)O)cc3)on2)cc1Cl. The van der Waals surface area contributed by atoms with Crippen LogP contribution in [0, 0.1) is 0 Å². The Morgan fingerprint density at radius 1 is 1.15 bits per heavy atom. The average molecular weight is 486 g/mol. The fourth-order valence-electron chi connectivity index (χ4n) is 3.27. The number of nitrogens with zero attached hydrogens (tertiary/aromatic N) is 1. The van der Waals surface area contributed by atoms with Gasteiger partial charge in [0.2, 0.25) is 5.76 Å². The molecule has 1 aromatic heterocycles. The minimum atomic E-state index is -0.850. The first-order valence-electron chi connectivity index (χ1n) is 10.9. The zero-order valence-corrected chi connectivity index (χ0v) is 20.3. The lowest BCUT2D eigenvalue weighted by Gasteiger charge is -2.27. The topological polar surface area (TPSA) is 114 Å². The Morgan fingerprint density at radius 3 is 2.47 bits per heavy atom. The van der Waals surface area contributed by atoms with Gasteiger partial charge in [0.15, 0.2) is 0 Å². The van der Waals surface area contributed by atoms with Crippen LogP contribution in [0.25, 0.3) is 11.3 Å². The van der Waals surface area contributed by atoms with E-state index in [1.807, 2.05) is 39.8 Å². The molecular formula is C25H28ClN3O5. The highest BCUT2D eigenvalue weighted by Crippen LogP contribution is 2.31. The molecule has 0 aliphatic heterocycles. The molecule has 1 amide bonds. The fraction of sp³-hybridized carbons (Fsp3) is 0.320. The molecule has 0 aliphatic rings. The average Bonchev–Trinajstić information content (AvgIpc) is 3.25. The third-order valence-electron chi connectivity index (χ3n) is 5.09. The molecule has 0 bridgehead atoms. The van der Waals surface area contributed by atoms with Crippen LogP contribution in [-0.4, -0.2) is 34.8 Å². The number of nitrogens with one attached hydrogen (secondary N) is 2. The summed E-state index contributed by atoms with van der Waals surface area (Å²) in [6, 6.07) is 14.1. The molecule has 0 saturated heterocycles. The predicted molar refractivity (Wildman–Crippen MR) is 130 cm³/mol. The van der Waals surface area contributed by atoms with Crippen molar-refractivity contribution < 1.29 is 24.0 Å². The monoisotopic (exact) mass is 485 g/mol. The lowest BCUT2D eigenvalue weighted by atomic mass is 9.94. The molecular weight excluding hydrogens is 458 g/mol. The highest BCUT2D eigenvalue weighted by atomic mass is 35.5. The number of hydrogen-bond acceptors (Lipinski definition) is 6. The fourth-order valence-corrected chi connectivity index (χ4v) is 3.50. The number of anilines is 1. The Hall–Kier alpha value is -3.36. The summed E-state index contributed by atoms with van der Waals surface area (Å²) < 4.78 is 10.9. The second-order valence-electron chi connectivity index (χ2n) is 8.62. The number of carboxylic acid groups (broad SMARTS) is 1. The lowest BCUT2D eigenvalue weighted by Crippen LogP contribution is -2.37. The van der Waals surface area contributed by atoms with E-state index in [1.54, 1.807) is 36.4 Å². The molecule has 9 heteroatoms. The molecule has 0 atom stereocenters. The van der Waals surface area contributed by atoms with Crippen LogP contribution in [0.3, 0.4) is 0 Å². The summed E-state index contributed by atoms with van der Waals surface area (Å²) in [5.41, 5.74) is 2.30. The number of benzene rings is 2. The van der Waals surface area contributed by atoms with E-state index in [4.69, 9.17) is 26.0 Å². The quantitative estimate of drug-likeness (QED) is 0.355. The van der Waals surface area contributed by atoms with Crippen molar-refractivity contribution in [2.24, 2.45) is 0 Å². The van der Waals surface area contributed by atoms with Crippen LogP contribution in [0.15, 0.2) is 53.1 Å². The molecule has 0 unspecified atom stereocenters. The summed E-state index contributed by atoms with van der Waals surface area (Å²) in [6.45, 7) is 8.12. The minimum Gasteiger partial charge on any atom is -0.489 e. The number of rotatable bonds is 10. The van der Waals surface area contributed by atoms with Crippen LogP contribution >= 0.6 is 11.6 Å². The molecule has 0 radical (unpaired) electrons. The largest absolute Gasteiger partial charge is 0.489 e. The van der Waals surface area contributed by atoms with E-state index in [9.17, 15) is 9.59 Å². The van der Waals surface area contributed by atoms with Crippen LogP contribution in [0.5, 0.6) is 5.75 Å². The highest BCUT2D eigenvalue weighted by molar-refractivity contribution is 6.32. The van der Waals surface area contributed by atoms with Crippen LogP contribution in [0.2, 0.25) is 5.02 Å². The number of halogens is 1. The zero-order chi connectivity index (χ0) is 24.9. The van der Waals surface area contributed by atoms with Crippen LogP contribution in [-0.2, 0) is 10.3 Å². The van der Waals surface area contributed by atoms with Crippen molar-refractivity contribution in [2.75, 3.05) is 11.9 Å². The Kier molecular flexibility index (Phi) is 7.96.